The van der Waals surface area contributed by atoms with E-state index in [9.17, 15) is 14.7 Å². The Labute approximate surface area is 320 Å². The van der Waals surface area contributed by atoms with E-state index < -0.39 is 84.2 Å². The fourth-order valence-electron chi connectivity index (χ4n) is 11.2. The summed E-state index contributed by atoms with van der Waals surface area (Å²) in [6, 6.07) is 10.6. The van der Waals surface area contributed by atoms with Gasteiger partial charge in [0.05, 0.1) is 16.9 Å². The second-order valence-electron chi connectivity index (χ2n) is 15.3. The summed E-state index contributed by atoms with van der Waals surface area (Å²) in [5.74, 6) is -2.88. The van der Waals surface area contributed by atoms with E-state index >= 15 is 18.8 Å². The average Bonchev–Trinajstić information content (AvgIpc) is 3.79. The zero-order valence-corrected chi connectivity index (χ0v) is 32.6. The van der Waals surface area contributed by atoms with E-state index in [2.05, 4.69) is 5.32 Å². The lowest BCUT2D eigenvalue weighted by molar-refractivity contribution is -0.172. The molecule has 2 aromatic carbocycles. The fraction of sp³-hybridized carbons (Fsp3) is 0.528. The van der Waals surface area contributed by atoms with Crippen molar-refractivity contribution in [3.63, 3.8) is 0 Å². The van der Waals surface area contributed by atoms with Crippen molar-refractivity contribution in [1.29, 1.82) is 0 Å². The smallest absolute Gasteiger partial charge is 0.306 e. The number of aliphatic hydroxyl groups excluding tert-OH is 1. The molecular weight excluding hydrogens is 762 g/mol. The van der Waals surface area contributed by atoms with E-state index in [1.807, 2.05) is 32.0 Å². The average molecular weight is 798 g/mol. The monoisotopic (exact) mass is 797 g/mol. The summed E-state index contributed by atoms with van der Waals surface area (Å²) in [5, 5.41) is 17.2. The molecule has 278 valence electrons. The van der Waals surface area contributed by atoms with E-state index in [0.29, 0.717) is 35.2 Å². The van der Waals surface area contributed by atoms with Crippen LogP contribution in [0.4, 0.5) is 10.1 Å². The van der Waals surface area contributed by atoms with Gasteiger partial charge in [-0.2, -0.15) is 0 Å². The summed E-state index contributed by atoms with van der Waals surface area (Å²) < 4.78 is 22.6. The van der Waals surface area contributed by atoms with E-state index in [1.54, 1.807) is 38.1 Å². The highest BCUT2D eigenvalue weighted by molar-refractivity contribution is 8.78. The van der Waals surface area contributed by atoms with Crippen LogP contribution in [0, 0.1) is 5.82 Å². The molecule has 0 aromatic heterocycles. The van der Waals surface area contributed by atoms with Crippen molar-refractivity contribution in [2.45, 2.75) is 101 Å². The van der Waals surface area contributed by atoms with E-state index in [1.165, 1.54) is 48.4 Å². The lowest BCUT2D eigenvalue weighted by atomic mass is 9.51. The first-order valence-corrected chi connectivity index (χ1v) is 22.0. The van der Waals surface area contributed by atoms with Crippen LogP contribution in [0.2, 0.25) is 0 Å². The Morgan fingerprint density at radius 2 is 1.62 bits per heavy atom. The molecule has 2 aromatic rings. The zero-order valence-electron chi connectivity index (χ0n) is 29.4. The number of hydrogen-bond acceptors (Lipinski definition) is 12. The number of esters is 1. The second-order valence-corrected chi connectivity index (χ2v) is 20.7. The minimum absolute atomic E-state index is 0.00341. The third-order valence-corrected chi connectivity index (χ3v) is 21.0. The number of likely N-dealkylation sites (N-methyl/N-ethyl adjacent to an activating group) is 2. The highest BCUT2D eigenvalue weighted by Gasteiger charge is 2.93. The highest BCUT2D eigenvalue weighted by atomic mass is 33.1. The van der Waals surface area contributed by atoms with Crippen molar-refractivity contribution in [2.24, 2.45) is 0 Å². The number of para-hydroxylation sites is 1. The molecule has 9 aliphatic heterocycles. The Balaban J connectivity index is 1.37. The van der Waals surface area contributed by atoms with Crippen LogP contribution in [0.15, 0.2) is 42.5 Å². The maximum atomic E-state index is 15.9. The molecule has 2 N–H and O–H groups in total. The molecule has 0 radical (unpaired) electrons. The van der Waals surface area contributed by atoms with Gasteiger partial charge in [-0.25, -0.2) is 4.39 Å². The molecule has 12 nitrogen and oxygen atoms in total. The molecule has 53 heavy (non-hydrogen) atoms. The first-order chi connectivity index (χ1) is 25.2. The van der Waals surface area contributed by atoms with Gasteiger partial charge in [0, 0.05) is 26.2 Å². The number of benzene rings is 2. The van der Waals surface area contributed by atoms with Gasteiger partial charge in [0.2, 0.25) is 9.74 Å². The van der Waals surface area contributed by atoms with Gasteiger partial charge in [-0.15, -0.1) is 0 Å². The number of aliphatic hydroxyl groups is 1. The number of hydrogen-bond donors (Lipinski definition) is 2. The fourth-order valence-corrected chi connectivity index (χ4v) is 18.7. The predicted molar refractivity (Wildman–Crippen MR) is 198 cm³/mol. The highest BCUT2D eigenvalue weighted by Crippen LogP contribution is 2.79. The van der Waals surface area contributed by atoms with Gasteiger partial charge in [-0.3, -0.25) is 28.9 Å². The van der Waals surface area contributed by atoms with Crippen molar-refractivity contribution < 1.29 is 38.2 Å². The third kappa shape index (κ3) is 3.25. The van der Waals surface area contributed by atoms with Gasteiger partial charge >= 0.3 is 5.97 Å². The molecule has 0 saturated carbocycles. The maximum Gasteiger partial charge on any atom is 0.306 e. The lowest BCUT2D eigenvalue weighted by Crippen LogP contribution is -2.77. The second kappa shape index (κ2) is 10.4. The van der Waals surface area contributed by atoms with E-state index in [4.69, 9.17) is 4.74 Å². The van der Waals surface area contributed by atoms with Crippen LogP contribution in [0.5, 0.6) is 0 Å². The minimum Gasteiger partial charge on any atom is -0.457 e. The van der Waals surface area contributed by atoms with Gasteiger partial charge in [0.25, 0.3) is 23.6 Å². The number of halogens is 1. The zero-order chi connectivity index (χ0) is 37.4. The van der Waals surface area contributed by atoms with Crippen LogP contribution in [0.25, 0.3) is 0 Å². The number of fused-ring (bicyclic) bond motifs is 11. The summed E-state index contributed by atoms with van der Waals surface area (Å²) in [5.41, 5.74) is -1.46. The number of carbonyl (C=O) groups excluding carboxylic acids is 5. The molecule has 0 unspecified atom stereocenters. The first-order valence-electron chi connectivity index (χ1n) is 17.7. The molecule has 17 heteroatoms. The largest absolute Gasteiger partial charge is 0.457 e. The number of amides is 4. The van der Waals surface area contributed by atoms with Crippen molar-refractivity contribution in [3.05, 3.63) is 65.0 Å². The van der Waals surface area contributed by atoms with Crippen LogP contribution in [0.1, 0.15) is 56.7 Å². The van der Waals surface area contributed by atoms with E-state index in [0.717, 1.165) is 21.6 Å². The number of nitrogens with one attached hydrogen (secondary N) is 1. The maximum absolute atomic E-state index is 15.9. The molecule has 10 atom stereocenters. The summed E-state index contributed by atoms with van der Waals surface area (Å²) in [4.78, 5) is 73.9. The normalized spacial score (nSPS) is 42.4. The Kier molecular flexibility index (Phi) is 6.74. The molecule has 12 rings (SSSR count). The van der Waals surface area contributed by atoms with E-state index in [-0.39, 0.29) is 18.7 Å². The molecular formula is C36H36FN5O7S4. The van der Waals surface area contributed by atoms with Crippen molar-refractivity contribution >= 4 is 78.5 Å². The Hall–Kier alpha value is -3.12. The Morgan fingerprint density at radius 3 is 2.36 bits per heavy atom. The number of ether oxygens (including phenoxy) is 1. The van der Waals surface area contributed by atoms with Crippen molar-refractivity contribution in [1.82, 2.24) is 19.6 Å². The quantitative estimate of drug-likeness (QED) is 0.339. The summed E-state index contributed by atoms with van der Waals surface area (Å²) in [7, 11) is 7.88. The predicted octanol–water partition coefficient (Wildman–Crippen LogP) is 3.38. The minimum atomic E-state index is -1.87. The first kappa shape index (κ1) is 34.4. The SMILES string of the molecule is CCCC(=O)O[C@H]1[C@]2([C@@]34c5cc(F)ccc5C[C@@H]3N3C(=O)[C@]5(CC)SS[C@]3(C(=O)N5C)[C@H]4O)c3ccccc3N[C@@H]2N2C(=O)[C@]3(C)SS[C@]12C(=O)N3C. The molecule has 2 spiro atoms. The number of piperazine rings is 2. The van der Waals surface area contributed by atoms with Gasteiger partial charge in [0.15, 0.2) is 15.8 Å². The van der Waals surface area contributed by atoms with Gasteiger partial charge in [-0.05, 0) is 82.7 Å². The Morgan fingerprint density at radius 1 is 0.906 bits per heavy atom. The van der Waals surface area contributed by atoms with Crippen LogP contribution in [-0.2, 0) is 46.0 Å². The number of carbonyl (C=O) groups is 5. The number of nitrogens with zero attached hydrogens (tertiary/aromatic N) is 4. The molecule has 4 amide bonds. The molecule has 4 bridgehead atoms. The van der Waals surface area contributed by atoms with Crippen molar-refractivity contribution in [3.8, 4) is 0 Å². The summed E-state index contributed by atoms with van der Waals surface area (Å²) in [6.45, 7) is 5.36. The summed E-state index contributed by atoms with van der Waals surface area (Å²) >= 11 is 0. The Bertz CT molecular complexity index is 2130. The van der Waals surface area contributed by atoms with Crippen LogP contribution in [0.3, 0.4) is 0 Å². The molecule has 8 fully saturated rings. The number of rotatable bonds is 5. The molecule has 8 saturated heterocycles. The lowest BCUT2D eigenvalue weighted by Gasteiger charge is -2.59. The standard InChI is InChI=1S/C36H36FN5O7S4/c1-6-10-23(43)49-25-34(19-11-8-9-12-21(19)38-26(34)42-27(45)31(3)39(4)30(48)36(25,42)53-50-31)33-20-16-18(37)14-13-17(20)15-22(33)41-28(46)32(7-2)40(5)29(47)35(41,24(33)44)52-51-32/h8-9,11-14,16,22,24-26,38,44H,6-7,10,15H2,1-5H3/t22-,24-,25-,26+,31-,32-,33-,34+,35-,36-/m0/s1. The van der Waals surface area contributed by atoms with Crippen LogP contribution < -0.4 is 5.32 Å². The third-order valence-electron chi connectivity index (χ3n) is 13.5. The van der Waals surface area contributed by atoms with Crippen LogP contribution in [-0.4, -0.2) is 112 Å². The topological polar surface area (TPSA) is 140 Å². The summed E-state index contributed by atoms with van der Waals surface area (Å²) in [6.07, 6.45) is -3.47. The van der Waals surface area contributed by atoms with Crippen LogP contribution >= 0.6 is 43.2 Å². The van der Waals surface area contributed by atoms with Gasteiger partial charge < -0.3 is 29.9 Å². The van der Waals surface area contributed by atoms with Gasteiger partial charge in [-0.1, -0.05) is 59.7 Å². The van der Waals surface area contributed by atoms with Gasteiger partial charge in [0.1, 0.15) is 18.1 Å². The van der Waals surface area contributed by atoms with Crippen molar-refractivity contribution in [2.75, 3.05) is 19.4 Å². The number of anilines is 1. The molecule has 10 aliphatic rings. The molecule has 1 aliphatic carbocycles. The molecule has 9 heterocycles.